The highest BCUT2D eigenvalue weighted by Gasteiger charge is 2.17. The molecular formula is C10H20N4O3. The molecule has 98 valence electrons. The number of hydrogen-bond donors (Lipinski definition) is 4. The van der Waals surface area contributed by atoms with Crippen molar-refractivity contribution >= 4 is 17.6 Å². The van der Waals surface area contributed by atoms with Gasteiger partial charge in [0.1, 0.15) is 0 Å². The van der Waals surface area contributed by atoms with Gasteiger partial charge in [0.05, 0.1) is 5.92 Å². The van der Waals surface area contributed by atoms with E-state index in [4.69, 9.17) is 10.9 Å². The predicted octanol–water partition coefficient (Wildman–Crippen LogP) is -0.600. The molecule has 0 aromatic rings. The van der Waals surface area contributed by atoms with Gasteiger partial charge in [0.25, 0.3) is 0 Å². The maximum Gasteiger partial charge on any atom is 0.230 e. The van der Waals surface area contributed by atoms with E-state index in [2.05, 4.69) is 15.8 Å². The Hall–Kier alpha value is -1.79. The van der Waals surface area contributed by atoms with Gasteiger partial charge < -0.3 is 21.6 Å². The summed E-state index contributed by atoms with van der Waals surface area (Å²) in [6, 6.07) is 0.0780. The number of nitrogens with one attached hydrogen (secondary N) is 2. The summed E-state index contributed by atoms with van der Waals surface area (Å²) < 4.78 is 0. The number of carbonyl (C=O) groups excluding carboxylic acids is 2. The smallest absolute Gasteiger partial charge is 0.230 e. The van der Waals surface area contributed by atoms with Crippen molar-refractivity contribution in [3.63, 3.8) is 0 Å². The first-order valence-corrected chi connectivity index (χ1v) is 5.43. The van der Waals surface area contributed by atoms with Crippen LogP contribution in [0.4, 0.5) is 0 Å². The van der Waals surface area contributed by atoms with E-state index in [-0.39, 0.29) is 36.7 Å². The zero-order valence-electron chi connectivity index (χ0n) is 10.4. The Morgan fingerprint density at radius 1 is 1.35 bits per heavy atom. The van der Waals surface area contributed by atoms with Crippen LogP contribution in [0.5, 0.6) is 0 Å². The molecular weight excluding hydrogens is 224 g/mol. The van der Waals surface area contributed by atoms with Crippen LogP contribution in [-0.4, -0.2) is 35.4 Å². The van der Waals surface area contributed by atoms with Gasteiger partial charge in [0.15, 0.2) is 5.84 Å². The second-order valence-corrected chi connectivity index (χ2v) is 4.01. The molecule has 0 heterocycles. The number of amidine groups is 1. The number of carbonyl (C=O) groups is 2. The van der Waals surface area contributed by atoms with Crippen molar-refractivity contribution in [3.8, 4) is 0 Å². The van der Waals surface area contributed by atoms with Crippen LogP contribution in [0.1, 0.15) is 27.2 Å². The Morgan fingerprint density at radius 3 is 2.41 bits per heavy atom. The number of amides is 2. The fraction of sp³-hybridized carbons (Fsp3) is 0.700. The largest absolute Gasteiger partial charge is 0.409 e. The molecule has 0 aliphatic carbocycles. The zero-order valence-corrected chi connectivity index (χ0v) is 10.4. The lowest BCUT2D eigenvalue weighted by atomic mass is 10.1. The van der Waals surface area contributed by atoms with E-state index in [0.717, 1.165) is 0 Å². The van der Waals surface area contributed by atoms with Crippen molar-refractivity contribution in [1.82, 2.24) is 10.6 Å². The second-order valence-electron chi connectivity index (χ2n) is 4.01. The van der Waals surface area contributed by atoms with Gasteiger partial charge in [-0.3, -0.25) is 9.59 Å². The number of nitrogens with zero attached hydrogens (tertiary/aromatic N) is 1. The van der Waals surface area contributed by atoms with Crippen molar-refractivity contribution in [2.24, 2.45) is 16.8 Å². The maximum absolute atomic E-state index is 11.4. The molecule has 0 aromatic carbocycles. The van der Waals surface area contributed by atoms with Crippen LogP contribution in [0, 0.1) is 5.92 Å². The quantitative estimate of drug-likeness (QED) is 0.216. The van der Waals surface area contributed by atoms with E-state index in [1.807, 2.05) is 13.8 Å². The highest BCUT2D eigenvalue weighted by molar-refractivity contribution is 6.01. The van der Waals surface area contributed by atoms with E-state index >= 15 is 0 Å². The van der Waals surface area contributed by atoms with Gasteiger partial charge in [-0.15, -0.1) is 0 Å². The Bertz CT molecular complexity index is 302. The SMILES string of the molecule is CC(C)NC(=O)CCNC(=O)C(C)C(N)=NO. The fourth-order valence-corrected chi connectivity index (χ4v) is 1.07. The molecule has 1 atom stereocenters. The molecule has 0 aromatic heterocycles. The van der Waals surface area contributed by atoms with Crippen LogP contribution in [-0.2, 0) is 9.59 Å². The van der Waals surface area contributed by atoms with Crippen LogP contribution in [0.15, 0.2) is 5.16 Å². The topological polar surface area (TPSA) is 117 Å². The molecule has 7 heteroatoms. The van der Waals surface area contributed by atoms with Crippen LogP contribution < -0.4 is 16.4 Å². The van der Waals surface area contributed by atoms with Gasteiger partial charge in [-0.25, -0.2) is 0 Å². The molecule has 7 nitrogen and oxygen atoms in total. The second kappa shape index (κ2) is 7.48. The summed E-state index contributed by atoms with van der Waals surface area (Å²) in [5.74, 6) is -1.38. The maximum atomic E-state index is 11.4. The van der Waals surface area contributed by atoms with Gasteiger partial charge in [-0.1, -0.05) is 5.16 Å². The van der Waals surface area contributed by atoms with Crippen LogP contribution in [0.3, 0.4) is 0 Å². The summed E-state index contributed by atoms with van der Waals surface area (Å²) in [5, 5.41) is 16.4. The minimum absolute atomic E-state index is 0.0780. The summed E-state index contributed by atoms with van der Waals surface area (Å²) in [6.07, 6.45) is 0.201. The fourth-order valence-electron chi connectivity index (χ4n) is 1.07. The summed E-state index contributed by atoms with van der Waals surface area (Å²) in [5.41, 5.74) is 5.27. The van der Waals surface area contributed by atoms with Crippen molar-refractivity contribution in [1.29, 1.82) is 0 Å². The van der Waals surface area contributed by atoms with Crippen molar-refractivity contribution in [2.75, 3.05) is 6.54 Å². The van der Waals surface area contributed by atoms with Gasteiger partial charge in [-0.2, -0.15) is 0 Å². The van der Waals surface area contributed by atoms with E-state index in [1.165, 1.54) is 6.92 Å². The molecule has 17 heavy (non-hydrogen) atoms. The highest BCUT2D eigenvalue weighted by atomic mass is 16.4. The molecule has 5 N–H and O–H groups in total. The molecule has 0 aliphatic heterocycles. The third-order valence-corrected chi connectivity index (χ3v) is 2.05. The molecule has 0 radical (unpaired) electrons. The summed E-state index contributed by atoms with van der Waals surface area (Å²) in [7, 11) is 0. The van der Waals surface area contributed by atoms with E-state index in [9.17, 15) is 9.59 Å². The molecule has 0 spiro atoms. The number of hydrogen-bond acceptors (Lipinski definition) is 4. The molecule has 1 unspecified atom stereocenters. The minimum Gasteiger partial charge on any atom is -0.409 e. The zero-order chi connectivity index (χ0) is 13.4. The molecule has 0 bridgehead atoms. The van der Waals surface area contributed by atoms with Crippen molar-refractivity contribution < 1.29 is 14.8 Å². The number of nitrogens with two attached hydrogens (primary N) is 1. The lowest BCUT2D eigenvalue weighted by molar-refractivity contribution is -0.123. The molecule has 0 aliphatic rings. The molecule has 0 fully saturated rings. The molecule has 0 saturated heterocycles. The standard InChI is InChI=1S/C10H20N4O3/c1-6(2)13-8(15)4-5-12-10(16)7(3)9(11)14-17/h6-7,17H,4-5H2,1-3H3,(H2,11,14)(H,12,16)(H,13,15). The van der Waals surface area contributed by atoms with Gasteiger partial charge in [-0.05, 0) is 20.8 Å². The average molecular weight is 244 g/mol. The minimum atomic E-state index is -0.715. The first-order valence-electron chi connectivity index (χ1n) is 5.43. The monoisotopic (exact) mass is 244 g/mol. The number of oxime groups is 1. The lowest BCUT2D eigenvalue weighted by Crippen LogP contribution is -2.39. The van der Waals surface area contributed by atoms with Gasteiger partial charge in [0.2, 0.25) is 11.8 Å². The Kier molecular flexibility index (Phi) is 6.69. The Labute approximate surface area is 100 Å². The van der Waals surface area contributed by atoms with Gasteiger partial charge >= 0.3 is 0 Å². The molecule has 0 rings (SSSR count). The Morgan fingerprint density at radius 2 is 1.94 bits per heavy atom. The van der Waals surface area contributed by atoms with Crippen LogP contribution >= 0.6 is 0 Å². The third kappa shape index (κ3) is 6.39. The lowest BCUT2D eigenvalue weighted by Gasteiger charge is -2.11. The van der Waals surface area contributed by atoms with Crippen molar-refractivity contribution in [2.45, 2.75) is 33.2 Å². The highest BCUT2D eigenvalue weighted by Crippen LogP contribution is 1.94. The van der Waals surface area contributed by atoms with Crippen molar-refractivity contribution in [3.05, 3.63) is 0 Å². The molecule has 2 amide bonds. The van der Waals surface area contributed by atoms with Gasteiger partial charge in [0, 0.05) is 19.0 Å². The van der Waals surface area contributed by atoms with Crippen LogP contribution in [0.25, 0.3) is 0 Å². The number of rotatable bonds is 6. The van der Waals surface area contributed by atoms with E-state index in [1.54, 1.807) is 0 Å². The average Bonchev–Trinajstić information content (AvgIpc) is 2.25. The van der Waals surface area contributed by atoms with Crippen LogP contribution in [0.2, 0.25) is 0 Å². The Balaban J connectivity index is 3.90. The molecule has 0 saturated carbocycles. The first-order chi connectivity index (χ1) is 7.88. The van der Waals surface area contributed by atoms with E-state index < -0.39 is 5.92 Å². The summed E-state index contributed by atoms with van der Waals surface area (Å²) in [6.45, 7) is 5.45. The normalized spacial score (nSPS) is 13.3. The summed E-state index contributed by atoms with van der Waals surface area (Å²) in [4.78, 5) is 22.7. The third-order valence-electron chi connectivity index (χ3n) is 2.05. The summed E-state index contributed by atoms with van der Waals surface area (Å²) >= 11 is 0. The predicted molar refractivity (Wildman–Crippen MR) is 63.5 cm³/mol. The first kappa shape index (κ1) is 15.2. The van der Waals surface area contributed by atoms with E-state index in [0.29, 0.717) is 0 Å².